The van der Waals surface area contributed by atoms with Crippen LogP contribution in [0.5, 0.6) is 17.2 Å². The van der Waals surface area contributed by atoms with Crippen LogP contribution in [0.3, 0.4) is 0 Å². The lowest BCUT2D eigenvalue weighted by Crippen LogP contribution is -2.36. The molecule has 0 radical (unpaired) electrons. The van der Waals surface area contributed by atoms with E-state index in [1.165, 1.54) is 7.11 Å². The smallest absolute Gasteiger partial charge is 0.255 e. The molecule has 0 unspecified atom stereocenters. The monoisotopic (exact) mass is 425 g/mol. The summed E-state index contributed by atoms with van der Waals surface area (Å²) in [4.78, 5) is 29.2. The second-order valence-corrected chi connectivity index (χ2v) is 7.91. The first-order valence-electron chi connectivity index (χ1n) is 10.6. The molecular formula is C23H27N3O5. The number of carbonyl (C=O) groups excluding carboxylic acids is 2. The van der Waals surface area contributed by atoms with Crippen molar-refractivity contribution in [3.63, 3.8) is 0 Å². The second kappa shape index (κ2) is 9.68. The quantitative estimate of drug-likeness (QED) is 0.708. The minimum atomic E-state index is -0.202. The van der Waals surface area contributed by atoms with Crippen LogP contribution in [0.25, 0.3) is 0 Å². The van der Waals surface area contributed by atoms with Gasteiger partial charge >= 0.3 is 0 Å². The van der Waals surface area contributed by atoms with Crippen molar-refractivity contribution in [2.45, 2.75) is 32.2 Å². The summed E-state index contributed by atoms with van der Waals surface area (Å²) in [7, 11) is 1.52. The molecule has 0 atom stereocenters. The van der Waals surface area contributed by atoms with E-state index in [-0.39, 0.29) is 24.5 Å². The second-order valence-electron chi connectivity index (χ2n) is 7.91. The molecule has 0 saturated heterocycles. The number of hydrogen-bond donors (Lipinski definition) is 2. The van der Waals surface area contributed by atoms with Gasteiger partial charge in [0.2, 0.25) is 12.7 Å². The van der Waals surface area contributed by atoms with Crippen molar-refractivity contribution >= 4 is 11.8 Å². The molecule has 31 heavy (non-hydrogen) atoms. The Morgan fingerprint density at radius 3 is 2.61 bits per heavy atom. The first-order valence-corrected chi connectivity index (χ1v) is 10.6. The molecule has 2 amide bonds. The van der Waals surface area contributed by atoms with Crippen LogP contribution < -0.4 is 24.8 Å². The van der Waals surface area contributed by atoms with Gasteiger partial charge in [0, 0.05) is 43.5 Å². The number of rotatable bonds is 7. The molecule has 0 spiro atoms. The molecule has 1 saturated carbocycles. The van der Waals surface area contributed by atoms with Crippen molar-refractivity contribution in [1.29, 1.82) is 0 Å². The number of amides is 2. The summed E-state index contributed by atoms with van der Waals surface area (Å²) in [6.45, 7) is 1.21. The highest BCUT2D eigenvalue weighted by atomic mass is 16.7. The van der Waals surface area contributed by atoms with E-state index in [4.69, 9.17) is 14.2 Å². The van der Waals surface area contributed by atoms with Gasteiger partial charge in [-0.15, -0.1) is 0 Å². The van der Waals surface area contributed by atoms with Crippen LogP contribution >= 0.6 is 0 Å². The number of methoxy groups -OCH3 is 1. The molecule has 1 aliphatic heterocycles. The summed E-state index contributed by atoms with van der Waals surface area (Å²) < 4.78 is 16.0. The maximum atomic E-state index is 12.7. The van der Waals surface area contributed by atoms with Crippen LogP contribution in [0.2, 0.25) is 0 Å². The van der Waals surface area contributed by atoms with Gasteiger partial charge in [-0.05, 0) is 43.2 Å². The van der Waals surface area contributed by atoms with Crippen molar-refractivity contribution in [3.05, 3.63) is 47.8 Å². The van der Waals surface area contributed by atoms with Gasteiger partial charge in [0.05, 0.1) is 12.7 Å². The Labute approximate surface area is 181 Å². The number of pyridine rings is 1. The average Bonchev–Trinajstić information content (AvgIpc) is 3.28. The molecule has 2 aliphatic rings. The molecule has 2 heterocycles. The molecule has 1 aromatic heterocycles. The van der Waals surface area contributed by atoms with E-state index >= 15 is 0 Å². The Bertz CT molecular complexity index is 926. The van der Waals surface area contributed by atoms with Gasteiger partial charge in [-0.1, -0.05) is 6.07 Å². The Hall–Kier alpha value is -3.29. The molecular weight excluding hydrogens is 398 g/mol. The topological polar surface area (TPSA) is 98.8 Å². The molecule has 4 rings (SSSR count). The van der Waals surface area contributed by atoms with Crippen molar-refractivity contribution in [2.75, 3.05) is 20.4 Å². The normalized spacial score (nSPS) is 19.5. The summed E-state index contributed by atoms with van der Waals surface area (Å²) in [6.07, 6.45) is 6.94. The lowest BCUT2D eigenvalue weighted by Gasteiger charge is -2.28. The van der Waals surface area contributed by atoms with Gasteiger partial charge < -0.3 is 24.8 Å². The predicted octanol–water partition coefficient (Wildman–Crippen LogP) is 2.67. The predicted molar refractivity (Wildman–Crippen MR) is 113 cm³/mol. The van der Waals surface area contributed by atoms with Crippen LogP contribution in [0.1, 0.15) is 41.6 Å². The number of ether oxygens (including phenoxy) is 3. The molecule has 1 fully saturated rings. The zero-order valence-corrected chi connectivity index (χ0v) is 17.6. The highest BCUT2D eigenvalue weighted by Crippen LogP contribution is 2.38. The van der Waals surface area contributed by atoms with Gasteiger partial charge in [0.1, 0.15) is 5.75 Å². The summed E-state index contributed by atoms with van der Waals surface area (Å²) in [5.41, 5.74) is 1.42. The molecule has 0 bridgehead atoms. The van der Waals surface area contributed by atoms with Gasteiger partial charge in [-0.3, -0.25) is 14.6 Å². The maximum Gasteiger partial charge on any atom is 0.255 e. The van der Waals surface area contributed by atoms with Crippen LogP contribution in [0, 0.1) is 11.8 Å². The number of fused-ring (bicyclic) bond motifs is 1. The number of nitrogens with zero attached hydrogens (tertiary/aromatic N) is 1. The summed E-state index contributed by atoms with van der Waals surface area (Å²) in [5, 5.41) is 6.01. The maximum absolute atomic E-state index is 12.7. The van der Waals surface area contributed by atoms with E-state index in [0.717, 1.165) is 31.2 Å². The van der Waals surface area contributed by atoms with E-state index in [1.54, 1.807) is 24.5 Å². The van der Waals surface area contributed by atoms with E-state index in [2.05, 4.69) is 15.6 Å². The van der Waals surface area contributed by atoms with Gasteiger partial charge in [0.15, 0.2) is 11.5 Å². The summed E-state index contributed by atoms with van der Waals surface area (Å²) in [5.74, 6) is 1.85. The van der Waals surface area contributed by atoms with Crippen molar-refractivity contribution in [2.24, 2.45) is 11.8 Å². The van der Waals surface area contributed by atoms with E-state index < -0.39 is 0 Å². The van der Waals surface area contributed by atoms with Crippen molar-refractivity contribution < 1.29 is 23.8 Å². The Morgan fingerprint density at radius 1 is 1.13 bits per heavy atom. The molecule has 1 aromatic carbocycles. The van der Waals surface area contributed by atoms with Gasteiger partial charge in [-0.2, -0.15) is 0 Å². The summed E-state index contributed by atoms with van der Waals surface area (Å²) >= 11 is 0. The average molecular weight is 425 g/mol. The lowest BCUT2D eigenvalue weighted by atomic mass is 9.81. The Kier molecular flexibility index (Phi) is 6.54. The van der Waals surface area contributed by atoms with Crippen LogP contribution in [-0.2, 0) is 11.3 Å². The van der Waals surface area contributed by atoms with E-state index in [1.807, 2.05) is 12.1 Å². The highest BCUT2D eigenvalue weighted by Gasteiger charge is 2.27. The third kappa shape index (κ3) is 5.07. The largest absolute Gasteiger partial charge is 0.496 e. The first-order chi connectivity index (χ1) is 15.1. The SMILES string of the molecule is COc1cc2c(cc1C(=O)NCC1CCC(C(=O)NCc3cccnc3)CC1)OCO2. The molecule has 8 nitrogen and oxygen atoms in total. The molecule has 2 aromatic rings. The summed E-state index contributed by atoms with van der Waals surface area (Å²) in [6, 6.07) is 7.13. The number of benzene rings is 1. The molecule has 1 aliphatic carbocycles. The number of carbonyl (C=O) groups is 2. The first kappa shape index (κ1) is 21.0. The fraction of sp³-hybridized carbons (Fsp3) is 0.435. The third-order valence-electron chi connectivity index (χ3n) is 5.90. The zero-order chi connectivity index (χ0) is 21.6. The molecule has 164 valence electrons. The van der Waals surface area contributed by atoms with Crippen LogP contribution in [0.15, 0.2) is 36.7 Å². The minimum Gasteiger partial charge on any atom is -0.496 e. The fourth-order valence-electron chi connectivity index (χ4n) is 4.07. The van der Waals surface area contributed by atoms with Crippen LogP contribution in [0.4, 0.5) is 0 Å². The third-order valence-corrected chi connectivity index (χ3v) is 5.90. The Balaban J connectivity index is 1.23. The zero-order valence-electron chi connectivity index (χ0n) is 17.6. The molecule has 8 heteroatoms. The lowest BCUT2D eigenvalue weighted by molar-refractivity contribution is -0.126. The highest BCUT2D eigenvalue weighted by molar-refractivity contribution is 5.97. The standard InChI is InChI=1S/C23H27N3O5/c1-29-19-10-21-20(30-14-31-21)9-18(19)23(28)26-12-15-4-6-17(7-5-15)22(27)25-13-16-3-2-8-24-11-16/h2-3,8-11,15,17H,4-7,12-14H2,1H3,(H,25,27)(H,26,28). The fourth-order valence-corrected chi connectivity index (χ4v) is 4.07. The Morgan fingerprint density at radius 2 is 1.90 bits per heavy atom. The minimum absolute atomic E-state index is 0.0255. The van der Waals surface area contributed by atoms with Gasteiger partial charge in [-0.25, -0.2) is 0 Å². The number of nitrogens with one attached hydrogen (secondary N) is 2. The van der Waals surface area contributed by atoms with E-state index in [9.17, 15) is 9.59 Å². The number of hydrogen-bond acceptors (Lipinski definition) is 6. The van der Waals surface area contributed by atoms with Crippen molar-refractivity contribution in [3.8, 4) is 17.2 Å². The van der Waals surface area contributed by atoms with Crippen molar-refractivity contribution in [1.82, 2.24) is 15.6 Å². The van der Waals surface area contributed by atoms with Gasteiger partial charge in [0.25, 0.3) is 5.91 Å². The molecule has 2 N–H and O–H groups in total. The van der Waals surface area contributed by atoms with Crippen LogP contribution in [-0.4, -0.2) is 37.2 Å². The van der Waals surface area contributed by atoms with E-state index in [0.29, 0.717) is 41.8 Å². The number of aromatic nitrogens is 1.